The van der Waals surface area contributed by atoms with Gasteiger partial charge in [-0.2, -0.15) is 0 Å². The van der Waals surface area contributed by atoms with Crippen LogP contribution in [-0.4, -0.2) is 0 Å². The molecule has 0 amide bonds. The lowest BCUT2D eigenvalue weighted by molar-refractivity contribution is 0.590. The van der Waals surface area contributed by atoms with Crippen molar-refractivity contribution in [1.82, 2.24) is 0 Å². The summed E-state index contributed by atoms with van der Waals surface area (Å²) in [6, 6.07) is 81.6. The van der Waals surface area contributed by atoms with Crippen LogP contribution in [0.3, 0.4) is 0 Å². The zero-order chi connectivity index (χ0) is 42.9. The molecule has 1 nitrogen and oxygen atoms in total. The van der Waals surface area contributed by atoms with Crippen LogP contribution in [0.4, 0.5) is 17.1 Å². The van der Waals surface area contributed by atoms with Crippen molar-refractivity contribution in [1.29, 1.82) is 0 Å². The Bertz CT molecular complexity index is 3110. The van der Waals surface area contributed by atoms with Gasteiger partial charge in [-0.3, -0.25) is 0 Å². The van der Waals surface area contributed by atoms with Gasteiger partial charge in [0.15, 0.2) is 0 Å². The van der Waals surface area contributed by atoms with E-state index in [1.165, 1.54) is 83.5 Å². The Morgan fingerprint density at radius 1 is 0.365 bits per heavy atom. The molecule has 1 heteroatoms. The lowest BCUT2D eigenvalue weighted by atomic mass is 9.67. The van der Waals surface area contributed by atoms with E-state index in [0.717, 1.165) is 17.1 Å². The lowest BCUT2D eigenvalue weighted by Crippen LogP contribution is -2.28. The molecule has 0 saturated heterocycles. The van der Waals surface area contributed by atoms with Crippen LogP contribution in [0.5, 0.6) is 0 Å². The molecule has 0 aromatic heterocycles. The zero-order valence-corrected chi connectivity index (χ0v) is 36.7. The van der Waals surface area contributed by atoms with E-state index in [0.29, 0.717) is 0 Å². The highest BCUT2D eigenvalue weighted by Gasteiger charge is 2.47. The zero-order valence-electron chi connectivity index (χ0n) is 36.7. The molecule has 0 bridgehead atoms. The van der Waals surface area contributed by atoms with Crippen LogP contribution in [0.25, 0.3) is 44.5 Å². The van der Waals surface area contributed by atoms with E-state index < -0.39 is 5.41 Å². The Morgan fingerprint density at radius 2 is 0.889 bits per heavy atom. The van der Waals surface area contributed by atoms with Gasteiger partial charge in [-0.1, -0.05) is 217 Å². The van der Waals surface area contributed by atoms with Crippen molar-refractivity contribution in [2.24, 2.45) is 0 Å². The summed E-state index contributed by atoms with van der Waals surface area (Å²) in [6.45, 7) is 11.7. The third kappa shape index (κ3) is 6.05. The summed E-state index contributed by atoms with van der Waals surface area (Å²) in [5.74, 6) is 0. The highest BCUT2D eigenvalue weighted by atomic mass is 15.1. The Balaban J connectivity index is 1.20. The van der Waals surface area contributed by atoms with Gasteiger partial charge >= 0.3 is 0 Å². The van der Waals surface area contributed by atoms with Gasteiger partial charge in [0.1, 0.15) is 0 Å². The molecule has 63 heavy (non-hydrogen) atoms. The standard InChI is InChI=1S/C62H51N/c1-60(2,3)46-34-39-58(53(40-46)51-28-19-31-56-59(51)52-27-16-18-30-55(52)62(56,44-22-11-7-12-23-44)45-24-13-8-14-25-45)63(47-35-32-43(33-36-47)42-20-9-6-10-21-42)48-37-38-50-49-26-15-17-29-54(49)61(4,5)57(50)41-48/h6-41H,1-5H3. The minimum atomic E-state index is -0.500. The van der Waals surface area contributed by atoms with E-state index in [2.05, 4.69) is 258 Å². The molecule has 0 heterocycles. The summed E-state index contributed by atoms with van der Waals surface area (Å²) >= 11 is 0. The first kappa shape index (κ1) is 38.7. The molecule has 0 saturated carbocycles. The van der Waals surface area contributed by atoms with Crippen LogP contribution in [0.2, 0.25) is 0 Å². The van der Waals surface area contributed by atoms with E-state index in [1.807, 2.05) is 0 Å². The average molecular weight is 810 g/mol. The van der Waals surface area contributed by atoms with Crippen molar-refractivity contribution in [2.45, 2.75) is 50.9 Å². The number of benzene rings is 9. The van der Waals surface area contributed by atoms with Crippen LogP contribution in [0, 0.1) is 0 Å². The van der Waals surface area contributed by atoms with Gasteiger partial charge in [-0.25, -0.2) is 0 Å². The molecule has 0 aliphatic heterocycles. The predicted octanol–water partition coefficient (Wildman–Crippen LogP) is 16.5. The number of hydrogen-bond acceptors (Lipinski definition) is 1. The van der Waals surface area contributed by atoms with Crippen molar-refractivity contribution in [3.8, 4) is 44.5 Å². The van der Waals surface area contributed by atoms with Gasteiger partial charge in [0, 0.05) is 22.4 Å². The molecule has 0 radical (unpaired) electrons. The highest BCUT2D eigenvalue weighted by molar-refractivity contribution is 6.00. The van der Waals surface area contributed by atoms with Gasteiger partial charge in [0.25, 0.3) is 0 Å². The molecule has 2 aliphatic carbocycles. The number of hydrogen-bond donors (Lipinski definition) is 0. The second-order valence-corrected chi connectivity index (χ2v) is 18.9. The first-order chi connectivity index (χ1) is 30.7. The van der Waals surface area contributed by atoms with Gasteiger partial charge in [-0.05, 0) is 120 Å². The second-order valence-electron chi connectivity index (χ2n) is 18.9. The first-order valence-corrected chi connectivity index (χ1v) is 22.3. The highest BCUT2D eigenvalue weighted by Crippen LogP contribution is 2.59. The van der Waals surface area contributed by atoms with Crippen LogP contribution in [0.15, 0.2) is 218 Å². The topological polar surface area (TPSA) is 3.24 Å². The molecule has 0 N–H and O–H groups in total. The Morgan fingerprint density at radius 3 is 1.56 bits per heavy atom. The minimum absolute atomic E-state index is 0.0769. The van der Waals surface area contributed by atoms with Gasteiger partial charge in [0.05, 0.1) is 11.1 Å². The Labute approximate surface area is 373 Å². The number of nitrogens with zero attached hydrogens (tertiary/aromatic N) is 1. The maximum Gasteiger partial charge on any atom is 0.0713 e. The van der Waals surface area contributed by atoms with E-state index >= 15 is 0 Å². The molecule has 9 aromatic rings. The number of anilines is 3. The third-order valence-corrected chi connectivity index (χ3v) is 13.9. The summed E-state index contributed by atoms with van der Waals surface area (Å²) in [6.07, 6.45) is 0. The van der Waals surface area contributed by atoms with E-state index in [1.54, 1.807) is 0 Å². The van der Waals surface area contributed by atoms with Gasteiger partial charge in [0.2, 0.25) is 0 Å². The van der Waals surface area contributed by atoms with Crippen LogP contribution < -0.4 is 4.90 Å². The molecule has 304 valence electrons. The molecule has 0 atom stereocenters. The SMILES string of the molecule is CC(C)(C)c1ccc(N(c2ccc(-c3ccccc3)cc2)c2ccc3c(c2)C(C)(C)c2ccccc2-3)c(-c2cccc3c2-c2ccccc2C3(c2ccccc2)c2ccccc2)c1. The maximum absolute atomic E-state index is 2.51. The van der Waals surface area contributed by atoms with Crippen LogP contribution in [0.1, 0.15) is 73.6 Å². The molecular formula is C62H51N. The fourth-order valence-corrected chi connectivity index (χ4v) is 10.8. The van der Waals surface area contributed by atoms with E-state index in [4.69, 9.17) is 0 Å². The summed E-state index contributed by atoms with van der Waals surface area (Å²) in [5, 5.41) is 0. The van der Waals surface area contributed by atoms with E-state index in [9.17, 15) is 0 Å². The second kappa shape index (κ2) is 14.7. The van der Waals surface area contributed by atoms with Crippen molar-refractivity contribution in [3.05, 3.63) is 257 Å². The largest absolute Gasteiger partial charge is 0.310 e. The molecule has 11 rings (SSSR count). The quantitative estimate of drug-likeness (QED) is 0.155. The molecule has 0 unspecified atom stereocenters. The Hall–Kier alpha value is -7.22. The maximum atomic E-state index is 2.51. The molecule has 0 fully saturated rings. The fourth-order valence-electron chi connectivity index (χ4n) is 10.8. The lowest BCUT2D eigenvalue weighted by Gasteiger charge is -2.34. The number of rotatable bonds is 7. The monoisotopic (exact) mass is 809 g/mol. The van der Waals surface area contributed by atoms with Crippen molar-refractivity contribution in [3.63, 3.8) is 0 Å². The smallest absolute Gasteiger partial charge is 0.0713 e. The van der Waals surface area contributed by atoms with Gasteiger partial charge < -0.3 is 4.90 Å². The molecule has 0 spiro atoms. The average Bonchev–Trinajstić information content (AvgIpc) is 3.76. The number of fused-ring (bicyclic) bond motifs is 6. The summed E-state index contributed by atoms with van der Waals surface area (Å²) in [5.41, 5.74) is 21.9. The normalized spacial score (nSPS) is 14.0. The van der Waals surface area contributed by atoms with Crippen molar-refractivity contribution in [2.75, 3.05) is 4.90 Å². The van der Waals surface area contributed by atoms with Gasteiger partial charge in [-0.15, -0.1) is 0 Å². The van der Waals surface area contributed by atoms with Crippen LogP contribution >= 0.6 is 0 Å². The van der Waals surface area contributed by atoms with E-state index in [-0.39, 0.29) is 10.8 Å². The predicted molar refractivity (Wildman–Crippen MR) is 266 cm³/mol. The molecule has 9 aromatic carbocycles. The third-order valence-electron chi connectivity index (χ3n) is 13.9. The fraction of sp³-hybridized carbons (Fsp3) is 0.129. The minimum Gasteiger partial charge on any atom is -0.310 e. The summed E-state index contributed by atoms with van der Waals surface area (Å²) in [7, 11) is 0. The van der Waals surface area contributed by atoms with Crippen molar-refractivity contribution < 1.29 is 0 Å². The summed E-state index contributed by atoms with van der Waals surface area (Å²) in [4.78, 5) is 2.51. The first-order valence-electron chi connectivity index (χ1n) is 22.3. The summed E-state index contributed by atoms with van der Waals surface area (Å²) < 4.78 is 0. The van der Waals surface area contributed by atoms with Crippen molar-refractivity contribution >= 4 is 17.1 Å². The Kier molecular flexibility index (Phi) is 9.03. The molecule has 2 aliphatic rings. The molecular weight excluding hydrogens is 759 g/mol. The van der Waals surface area contributed by atoms with Crippen LogP contribution in [-0.2, 0) is 16.2 Å².